The molecule has 0 fully saturated rings. The zero-order valence-corrected chi connectivity index (χ0v) is 9.03. The maximum absolute atomic E-state index is 10.9. The van der Waals surface area contributed by atoms with Crippen molar-refractivity contribution in [2.24, 2.45) is 7.05 Å². The van der Waals surface area contributed by atoms with Crippen molar-refractivity contribution in [3.63, 3.8) is 0 Å². The van der Waals surface area contributed by atoms with E-state index in [0.29, 0.717) is 6.42 Å². The van der Waals surface area contributed by atoms with E-state index < -0.39 is 0 Å². The quantitative estimate of drug-likeness (QED) is 0.764. The van der Waals surface area contributed by atoms with Crippen LogP contribution in [0.5, 0.6) is 0 Å². The Morgan fingerprint density at radius 2 is 2.13 bits per heavy atom. The van der Waals surface area contributed by atoms with Crippen LogP contribution in [0.3, 0.4) is 0 Å². The monoisotopic (exact) mass is 202 g/mol. The lowest BCUT2D eigenvalue weighted by Crippen LogP contribution is -1.96. The Labute approximate surface area is 88.7 Å². The largest absolute Gasteiger partial charge is 0.300 e. The van der Waals surface area contributed by atoms with Crippen LogP contribution in [0.25, 0.3) is 10.9 Å². The third kappa shape index (κ3) is 1.91. The normalized spacial score (nSPS) is 10.8. The third-order valence-corrected chi connectivity index (χ3v) is 2.55. The molecule has 3 heteroatoms. The van der Waals surface area contributed by atoms with Gasteiger partial charge in [-0.2, -0.15) is 5.10 Å². The van der Waals surface area contributed by atoms with E-state index in [1.165, 1.54) is 0 Å². The van der Waals surface area contributed by atoms with Crippen molar-refractivity contribution in [3.05, 3.63) is 30.0 Å². The van der Waals surface area contributed by atoms with Gasteiger partial charge in [0.15, 0.2) is 0 Å². The molecule has 0 aliphatic heterocycles. The molecular weight excluding hydrogens is 188 g/mol. The molecule has 0 radical (unpaired) electrons. The number of fused-ring (bicyclic) bond motifs is 1. The van der Waals surface area contributed by atoms with E-state index >= 15 is 0 Å². The van der Waals surface area contributed by atoms with Crippen molar-refractivity contribution in [3.8, 4) is 0 Å². The lowest BCUT2D eigenvalue weighted by atomic mass is 10.1. The number of aryl methyl sites for hydroxylation is 2. The second-order valence-corrected chi connectivity index (χ2v) is 3.79. The summed E-state index contributed by atoms with van der Waals surface area (Å²) >= 11 is 0. The molecule has 0 saturated carbocycles. The van der Waals surface area contributed by atoms with Crippen LogP contribution in [0.2, 0.25) is 0 Å². The van der Waals surface area contributed by atoms with E-state index in [4.69, 9.17) is 0 Å². The number of hydrogen-bond acceptors (Lipinski definition) is 2. The molecule has 0 aliphatic rings. The predicted molar refractivity (Wildman–Crippen MR) is 59.7 cm³/mol. The minimum atomic E-state index is 0.213. The average molecular weight is 202 g/mol. The maximum Gasteiger partial charge on any atom is 0.130 e. The molecule has 0 amide bonds. The van der Waals surface area contributed by atoms with Gasteiger partial charge >= 0.3 is 0 Å². The third-order valence-electron chi connectivity index (χ3n) is 2.55. The number of benzene rings is 1. The molecule has 0 N–H and O–H groups in total. The summed E-state index contributed by atoms with van der Waals surface area (Å²) in [4.78, 5) is 10.9. The van der Waals surface area contributed by atoms with Gasteiger partial charge in [-0.3, -0.25) is 4.68 Å². The van der Waals surface area contributed by atoms with Crippen LogP contribution < -0.4 is 0 Å². The molecule has 0 unspecified atom stereocenters. The Kier molecular flexibility index (Phi) is 2.54. The first kappa shape index (κ1) is 9.90. The highest BCUT2D eigenvalue weighted by molar-refractivity contribution is 5.83. The number of para-hydroxylation sites is 1. The van der Waals surface area contributed by atoms with Crippen LogP contribution in [0.15, 0.2) is 24.3 Å². The van der Waals surface area contributed by atoms with Crippen molar-refractivity contribution in [1.29, 1.82) is 0 Å². The molecule has 0 bridgehead atoms. The van der Waals surface area contributed by atoms with Gasteiger partial charge in [0.1, 0.15) is 5.78 Å². The minimum absolute atomic E-state index is 0.213. The van der Waals surface area contributed by atoms with Crippen molar-refractivity contribution < 1.29 is 4.79 Å². The molecule has 1 aromatic heterocycles. The van der Waals surface area contributed by atoms with Gasteiger partial charge in [-0.1, -0.05) is 18.2 Å². The molecule has 15 heavy (non-hydrogen) atoms. The fourth-order valence-electron chi connectivity index (χ4n) is 1.77. The summed E-state index contributed by atoms with van der Waals surface area (Å²) < 4.78 is 1.87. The molecular formula is C12H14N2O. The number of aromatic nitrogens is 2. The second-order valence-electron chi connectivity index (χ2n) is 3.79. The summed E-state index contributed by atoms with van der Waals surface area (Å²) in [5, 5.41) is 5.58. The van der Waals surface area contributed by atoms with Gasteiger partial charge in [0.25, 0.3) is 0 Å². The van der Waals surface area contributed by atoms with E-state index in [9.17, 15) is 4.79 Å². The fourth-order valence-corrected chi connectivity index (χ4v) is 1.77. The van der Waals surface area contributed by atoms with E-state index in [-0.39, 0.29) is 5.78 Å². The Bertz CT molecular complexity index is 499. The van der Waals surface area contributed by atoms with Gasteiger partial charge < -0.3 is 4.79 Å². The van der Waals surface area contributed by atoms with Gasteiger partial charge in [0, 0.05) is 18.9 Å². The van der Waals surface area contributed by atoms with Gasteiger partial charge in [-0.15, -0.1) is 0 Å². The topological polar surface area (TPSA) is 34.9 Å². The molecule has 2 rings (SSSR count). The van der Waals surface area contributed by atoms with Crippen LogP contribution in [0, 0.1) is 0 Å². The van der Waals surface area contributed by atoms with Crippen LogP contribution >= 0.6 is 0 Å². The Balaban J connectivity index is 2.39. The number of ketones is 1. The molecule has 0 atom stereocenters. The lowest BCUT2D eigenvalue weighted by molar-refractivity contribution is -0.116. The average Bonchev–Trinajstić information content (AvgIpc) is 2.54. The minimum Gasteiger partial charge on any atom is -0.300 e. The summed E-state index contributed by atoms with van der Waals surface area (Å²) in [7, 11) is 1.93. The van der Waals surface area contributed by atoms with E-state index in [1.54, 1.807) is 6.92 Å². The van der Waals surface area contributed by atoms with Gasteiger partial charge in [0.2, 0.25) is 0 Å². The zero-order valence-electron chi connectivity index (χ0n) is 9.03. The van der Waals surface area contributed by atoms with Gasteiger partial charge in [-0.05, 0) is 19.4 Å². The van der Waals surface area contributed by atoms with Crippen molar-refractivity contribution in [2.75, 3.05) is 0 Å². The van der Waals surface area contributed by atoms with Crippen LogP contribution in [-0.4, -0.2) is 15.6 Å². The number of carbonyl (C=O) groups is 1. The number of nitrogens with zero attached hydrogens (tertiary/aromatic N) is 2. The summed E-state index contributed by atoms with van der Waals surface area (Å²) in [5.74, 6) is 0.213. The van der Waals surface area contributed by atoms with Gasteiger partial charge in [-0.25, -0.2) is 0 Å². The second kappa shape index (κ2) is 3.85. The standard InChI is InChI=1S/C12H14N2O/c1-9(15)7-8-11-10-5-3-4-6-12(10)14(2)13-11/h3-6H,7-8H2,1-2H3. The Morgan fingerprint density at radius 3 is 2.87 bits per heavy atom. The van der Waals surface area contributed by atoms with E-state index in [2.05, 4.69) is 11.2 Å². The highest BCUT2D eigenvalue weighted by atomic mass is 16.1. The summed E-state index contributed by atoms with van der Waals surface area (Å²) in [5.41, 5.74) is 2.14. The summed E-state index contributed by atoms with van der Waals surface area (Å²) in [6, 6.07) is 8.09. The Morgan fingerprint density at radius 1 is 1.40 bits per heavy atom. The van der Waals surface area contributed by atoms with E-state index in [1.807, 2.05) is 29.9 Å². The van der Waals surface area contributed by atoms with Crippen molar-refractivity contribution in [2.45, 2.75) is 19.8 Å². The number of hydrogen-bond donors (Lipinski definition) is 0. The SMILES string of the molecule is CC(=O)CCc1nn(C)c2ccccc12. The maximum atomic E-state index is 10.9. The summed E-state index contributed by atoms with van der Waals surface area (Å²) in [6.07, 6.45) is 1.30. The number of rotatable bonds is 3. The van der Waals surface area contributed by atoms with E-state index in [0.717, 1.165) is 23.0 Å². The zero-order chi connectivity index (χ0) is 10.8. The van der Waals surface area contributed by atoms with Gasteiger partial charge in [0.05, 0.1) is 11.2 Å². The molecule has 0 spiro atoms. The summed E-state index contributed by atoms with van der Waals surface area (Å²) in [6.45, 7) is 1.62. The molecule has 1 heterocycles. The number of carbonyl (C=O) groups excluding carboxylic acids is 1. The number of Topliss-reactive ketones (excluding diaryl/α,β-unsaturated/α-hetero) is 1. The first-order chi connectivity index (χ1) is 7.18. The fraction of sp³-hybridized carbons (Fsp3) is 0.333. The highest BCUT2D eigenvalue weighted by Gasteiger charge is 2.07. The first-order valence-corrected chi connectivity index (χ1v) is 5.08. The smallest absolute Gasteiger partial charge is 0.130 e. The predicted octanol–water partition coefficient (Wildman–Crippen LogP) is 2.09. The Hall–Kier alpha value is -1.64. The van der Waals surface area contributed by atoms with Crippen LogP contribution in [-0.2, 0) is 18.3 Å². The molecule has 78 valence electrons. The molecule has 2 aromatic rings. The van der Waals surface area contributed by atoms with Crippen molar-refractivity contribution in [1.82, 2.24) is 9.78 Å². The van der Waals surface area contributed by atoms with Crippen LogP contribution in [0.4, 0.5) is 0 Å². The molecule has 1 aromatic carbocycles. The molecule has 0 saturated heterocycles. The highest BCUT2D eigenvalue weighted by Crippen LogP contribution is 2.18. The lowest BCUT2D eigenvalue weighted by Gasteiger charge is -1.93. The molecule has 3 nitrogen and oxygen atoms in total. The van der Waals surface area contributed by atoms with Crippen molar-refractivity contribution >= 4 is 16.7 Å². The first-order valence-electron chi connectivity index (χ1n) is 5.08. The van der Waals surface area contributed by atoms with Crippen LogP contribution in [0.1, 0.15) is 19.0 Å². The molecule has 0 aliphatic carbocycles.